The molecule has 0 saturated heterocycles. The number of nitrogens with zero attached hydrogens (tertiary/aromatic N) is 1. The minimum atomic E-state index is -4.74. The van der Waals surface area contributed by atoms with Gasteiger partial charge in [0.15, 0.2) is 0 Å². The molecule has 0 unspecified atom stereocenters. The summed E-state index contributed by atoms with van der Waals surface area (Å²) in [7, 11) is 0. The Morgan fingerprint density at radius 3 is 2.38 bits per heavy atom. The van der Waals surface area contributed by atoms with E-state index in [0.717, 1.165) is 0 Å². The number of nitriles is 1. The second-order valence-corrected chi connectivity index (χ2v) is 4.12. The third-order valence-corrected chi connectivity index (χ3v) is 2.66. The molecule has 0 saturated carbocycles. The highest BCUT2D eigenvalue weighted by Crippen LogP contribution is 2.27. The van der Waals surface area contributed by atoms with Gasteiger partial charge in [-0.15, -0.1) is 13.2 Å². The lowest BCUT2D eigenvalue weighted by atomic mass is 10.0. The van der Waals surface area contributed by atoms with Crippen LogP contribution in [0.25, 0.3) is 11.1 Å². The highest BCUT2D eigenvalue weighted by Gasteiger charge is 2.30. The maximum Gasteiger partial charge on any atom is 0.573 e. The SMILES string of the molecule is N#CCc1[nH]c(=O)ccc1-c1ccc(OC(F)(F)F)cc1. The van der Waals surface area contributed by atoms with Crippen LogP contribution in [0.3, 0.4) is 0 Å². The number of halogens is 3. The van der Waals surface area contributed by atoms with Crippen LogP contribution >= 0.6 is 0 Å². The number of hydrogen-bond donors (Lipinski definition) is 1. The summed E-state index contributed by atoms with van der Waals surface area (Å²) in [6, 6.07) is 9.92. The molecular weight excluding hydrogens is 285 g/mol. The number of H-pyrrole nitrogens is 1. The molecule has 2 rings (SSSR count). The molecule has 0 radical (unpaired) electrons. The molecule has 1 heterocycles. The quantitative estimate of drug-likeness (QED) is 0.946. The Balaban J connectivity index is 2.35. The Bertz CT molecular complexity index is 728. The number of aromatic nitrogens is 1. The number of alkyl halides is 3. The average molecular weight is 294 g/mol. The smallest absolute Gasteiger partial charge is 0.406 e. The Morgan fingerprint density at radius 2 is 1.81 bits per heavy atom. The van der Waals surface area contributed by atoms with E-state index >= 15 is 0 Å². The minimum Gasteiger partial charge on any atom is -0.406 e. The van der Waals surface area contributed by atoms with Crippen molar-refractivity contribution in [2.75, 3.05) is 0 Å². The molecule has 1 aromatic carbocycles. The third-order valence-electron chi connectivity index (χ3n) is 2.66. The monoisotopic (exact) mass is 294 g/mol. The topological polar surface area (TPSA) is 65.9 Å². The van der Waals surface area contributed by atoms with Crippen LogP contribution in [0, 0.1) is 11.3 Å². The van der Waals surface area contributed by atoms with E-state index in [-0.39, 0.29) is 17.7 Å². The molecule has 108 valence electrons. The summed E-state index contributed by atoms with van der Waals surface area (Å²) >= 11 is 0. The maximum atomic E-state index is 12.1. The molecule has 0 aliphatic carbocycles. The van der Waals surface area contributed by atoms with Crippen molar-refractivity contribution in [1.82, 2.24) is 4.98 Å². The minimum absolute atomic E-state index is 0.00772. The highest BCUT2D eigenvalue weighted by atomic mass is 19.4. The van der Waals surface area contributed by atoms with Gasteiger partial charge in [0.2, 0.25) is 5.56 Å². The molecule has 0 aliphatic heterocycles. The van der Waals surface area contributed by atoms with Crippen molar-refractivity contribution in [2.24, 2.45) is 0 Å². The zero-order valence-corrected chi connectivity index (χ0v) is 10.6. The second kappa shape index (κ2) is 5.71. The fourth-order valence-corrected chi connectivity index (χ4v) is 1.84. The van der Waals surface area contributed by atoms with E-state index in [1.807, 2.05) is 6.07 Å². The van der Waals surface area contributed by atoms with Gasteiger partial charge in [-0.2, -0.15) is 5.26 Å². The van der Waals surface area contributed by atoms with Crippen LogP contribution in [-0.2, 0) is 6.42 Å². The zero-order valence-electron chi connectivity index (χ0n) is 10.6. The molecule has 0 atom stereocenters. The molecule has 2 aromatic rings. The van der Waals surface area contributed by atoms with Crippen LogP contribution in [0.2, 0.25) is 0 Å². The van der Waals surface area contributed by atoms with Gasteiger partial charge in [-0.25, -0.2) is 0 Å². The van der Waals surface area contributed by atoms with E-state index in [0.29, 0.717) is 16.8 Å². The molecule has 1 aromatic heterocycles. The van der Waals surface area contributed by atoms with Gasteiger partial charge in [0.05, 0.1) is 12.5 Å². The van der Waals surface area contributed by atoms with E-state index < -0.39 is 6.36 Å². The van der Waals surface area contributed by atoms with Gasteiger partial charge in [-0.1, -0.05) is 12.1 Å². The number of rotatable bonds is 3. The normalized spacial score (nSPS) is 11.0. The van der Waals surface area contributed by atoms with Crippen molar-refractivity contribution in [2.45, 2.75) is 12.8 Å². The van der Waals surface area contributed by atoms with Gasteiger partial charge < -0.3 is 9.72 Å². The number of hydrogen-bond acceptors (Lipinski definition) is 3. The first-order chi connectivity index (χ1) is 9.89. The van der Waals surface area contributed by atoms with Gasteiger partial charge in [0, 0.05) is 17.3 Å². The van der Waals surface area contributed by atoms with Gasteiger partial charge in [-0.3, -0.25) is 4.79 Å². The molecule has 0 amide bonds. The lowest BCUT2D eigenvalue weighted by molar-refractivity contribution is -0.274. The van der Waals surface area contributed by atoms with Crippen molar-refractivity contribution < 1.29 is 17.9 Å². The summed E-state index contributed by atoms with van der Waals surface area (Å²) in [4.78, 5) is 13.8. The van der Waals surface area contributed by atoms with E-state index in [4.69, 9.17) is 5.26 Å². The maximum absolute atomic E-state index is 12.1. The van der Waals surface area contributed by atoms with Gasteiger partial charge in [-0.05, 0) is 23.8 Å². The van der Waals surface area contributed by atoms with Crippen LogP contribution in [0.5, 0.6) is 5.75 Å². The molecule has 21 heavy (non-hydrogen) atoms. The molecule has 0 aliphatic rings. The number of benzene rings is 1. The predicted octanol–water partition coefficient (Wildman–Crippen LogP) is 3.01. The third kappa shape index (κ3) is 3.86. The fraction of sp³-hybridized carbons (Fsp3) is 0.143. The van der Waals surface area contributed by atoms with Gasteiger partial charge >= 0.3 is 6.36 Å². The van der Waals surface area contributed by atoms with Crippen molar-refractivity contribution in [3.8, 4) is 22.9 Å². The summed E-state index contributed by atoms with van der Waals surface area (Å²) in [5.41, 5.74) is 1.22. The number of pyridine rings is 1. The van der Waals surface area contributed by atoms with E-state index in [1.54, 1.807) is 0 Å². The van der Waals surface area contributed by atoms with Crippen molar-refractivity contribution >= 4 is 0 Å². The Kier molecular flexibility index (Phi) is 3.98. The molecular formula is C14H9F3N2O2. The lowest BCUT2D eigenvalue weighted by Gasteiger charge is -2.10. The first-order valence-corrected chi connectivity index (χ1v) is 5.84. The van der Waals surface area contributed by atoms with E-state index in [2.05, 4.69) is 9.72 Å². The summed E-state index contributed by atoms with van der Waals surface area (Å²) in [6.07, 6.45) is -4.75. The number of aromatic amines is 1. The van der Waals surface area contributed by atoms with Crippen molar-refractivity contribution in [3.63, 3.8) is 0 Å². The second-order valence-electron chi connectivity index (χ2n) is 4.12. The van der Waals surface area contributed by atoms with Crippen LogP contribution in [0.15, 0.2) is 41.2 Å². The van der Waals surface area contributed by atoms with Crippen LogP contribution < -0.4 is 10.3 Å². The predicted molar refractivity (Wildman–Crippen MR) is 68.5 cm³/mol. The summed E-state index contributed by atoms with van der Waals surface area (Å²) in [5, 5.41) is 8.74. The Hall–Kier alpha value is -2.75. The van der Waals surface area contributed by atoms with Gasteiger partial charge in [0.1, 0.15) is 5.75 Å². The van der Waals surface area contributed by atoms with Crippen molar-refractivity contribution in [1.29, 1.82) is 5.26 Å². The largest absolute Gasteiger partial charge is 0.573 e. The molecule has 4 nitrogen and oxygen atoms in total. The van der Waals surface area contributed by atoms with Crippen LogP contribution in [-0.4, -0.2) is 11.3 Å². The van der Waals surface area contributed by atoms with Gasteiger partial charge in [0.25, 0.3) is 0 Å². The average Bonchev–Trinajstić information content (AvgIpc) is 2.39. The summed E-state index contributed by atoms with van der Waals surface area (Å²) < 4.78 is 40.0. The van der Waals surface area contributed by atoms with Crippen molar-refractivity contribution in [3.05, 3.63) is 52.4 Å². The number of nitrogens with one attached hydrogen (secondary N) is 1. The highest BCUT2D eigenvalue weighted by molar-refractivity contribution is 5.66. The Morgan fingerprint density at radius 1 is 1.14 bits per heavy atom. The molecule has 0 spiro atoms. The van der Waals surface area contributed by atoms with E-state index in [9.17, 15) is 18.0 Å². The van der Waals surface area contributed by atoms with Crippen LogP contribution in [0.1, 0.15) is 5.69 Å². The first kappa shape index (κ1) is 14.7. The molecule has 1 N–H and O–H groups in total. The summed E-state index contributed by atoms with van der Waals surface area (Å²) in [5.74, 6) is -0.336. The number of ether oxygens (including phenoxy) is 1. The summed E-state index contributed by atoms with van der Waals surface area (Å²) in [6.45, 7) is 0. The zero-order chi connectivity index (χ0) is 15.5. The molecule has 7 heteroatoms. The lowest BCUT2D eigenvalue weighted by Crippen LogP contribution is -2.17. The van der Waals surface area contributed by atoms with Crippen LogP contribution in [0.4, 0.5) is 13.2 Å². The fourth-order valence-electron chi connectivity index (χ4n) is 1.84. The Labute approximate surface area is 117 Å². The molecule has 0 fully saturated rings. The van der Waals surface area contributed by atoms with E-state index in [1.165, 1.54) is 36.4 Å². The standard InChI is InChI=1S/C14H9F3N2O2/c15-14(16,17)21-10-3-1-9(2-4-10)11-5-6-13(20)19-12(11)7-8-18/h1-6H,7H2,(H,19,20). The molecule has 0 bridgehead atoms. The first-order valence-electron chi connectivity index (χ1n) is 5.84.